The van der Waals surface area contributed by atoms with E-state index < -0.39 is 11.7 Å². The minimum atomic E-state index is -1.02. The quantitative estimate of drug-likeness (QED) is 0.499. The number of hydrogen-bond donors (Lipinski definition) is 2. The lowest BCUT2D eigenvalue weighted by molar-refractivity contribution is -0.120. The highest BCUT2D eigenvalue weighted by atomic mass is 16.5. The first kappa shape index (κ1) is 24.0. The number of amides is 1. The molecular formula is C29H34N2O3. The van der Waals surface area contributed by atoms with Crippen molar-refractivity contribution in [2.75, 3.05) is 5.32 Å². The van der Waals surface area contributed by atoms with Crippen LogP contribution in [-0.4, -0.2) is 35.5 Å². The van der Waals surface area contributed by atoms with Crippen LogP contribution in [0.2, 0.25) is 0 Å². The van der Waals surface area contributed by atoms with E-state index in [-0.39, 0.29) is 29.7 Å². The molecule has 2 aliphatic rings. The van der Waals surface area contributed by atoms with E-state index in [1.54, 1.807) is 0 Å². The van der Waals surface area contributed by atoms with Crippen LogP contribution in [0.4, 0.5) is 5.69 Å². The van der Waals surface area contributed by atoms with Crippen LogP contribution in [-0.2, 0) is 20.7 Å². The maximum absolute atomic E-state index is 13.7. The van der Waals surface area contributed by atoms with E-state index in [9.17, 15) is 9.59 Å². The van der Waals surface area contributed by atoms with Crippen LogP contribution in [0.1, 0.15) is 39.7 Å². The van der Waals surface area contributed by atoms with Gasteiger partial charge in [-0.3, -0.25) is 9.59 Å². The van der Waals surface area contributed by atoms with Crippen molar-refractivity contribution in [1.29, 1.82) is 0 Å². The van der Waals surface area contributed by atoms with Gasteiger partial charge in [0.2, 0.25) is 0 Å². The zero-order valence-corrected chi connectivity index (χ0v) is 20.4. The summed E-state index contributed by atoms with van der Waals surface area (Å²) in [4.78, 5) is 27.0. The topological polar surface area (TPSA) is 67.4 Å². The molecule has 2 aromatic rings. The van der Waals surface area contributed by atoms with Gasteiger partial charge in [-0.2, -0.15) is 0 Å². The molecule has 178 valence electrons. The van der Waals surface area contributed by atoms with Gasteiger partial charge in [0.05, 0.1) is 11.6 Å². The molecule has 34 heavy (non-hydrogen) atoms. The lowest BCUT2D eigenvalue weighted by Crippen LogP contribution is -2.49. The predicted octanol–water partition coefficient (Wildman–Crippen LogP) is 4.85. The van der Waals surface area contributed by atoms with Gasteiger partial charge < -0.3 is 15.4 Å². The smallest absolute Gasteiger partial charge is 0.250 e. The number of carbonyl (C=O) groups is 2. The molecule has 4 rings (SSSR count). The van der Waals surface area contributed by atoms with E-state index in [0.29, 0.717) is 24.0 Å². The van der Waals surface area contributed by atoms with Gasteiger partial charge in [-0.1, -0.05) is 68.5 Å². The molecule has 2 N–H and O–H groups in total. The molecule has 0 aliphatic carbocycles. The van der Waals surface area contributed by atoms with Gasteiger partial charge >= 0.3 is 0 Å². The third-order valence-corrected chi connectivity index (χ3v) is 6.24. The van der Waals surface area contributed by atoms with Crippen LogP contribution in [0.3, 0.4) is 0 Å². The number of para-hydroxylation sites is 1. The average molecular weight is 459 g/mol. The molecule has 0 fully saturated rings. The summed E-state index contributed by atoms with van der Waals surface area (Å²) in [5, 5.41) is 6.61. The van der Waals surface area contributed by atoms with E-state index in [1.807, 2.05) is 88.4 Å². The molecule has 0 saturated heterocycles. The summed E-state index contributed by atoms with van der Waals surface area (Å²) < 4.78 is 6.57. The Hall–Kier alpha value is -3.18. The first-order chi connectivity index (χ1) is 16.3. The van der Waals surface area contributed by atoms with Crippen molar-refractivity contribution in [3.63, 3.8) is 0 Å². The molecule has 3 unspecified atom stereocenters. The van der Waals surface area contributed by atoms with Crippen LogP contribution in [0.25, 0.3) is 0 Å². The molecule has 2 bridgehead atoms. The van der Waals surface area contributed by atoms with Crippen LogP contribution >= 0.6 is 0 Å². The number of carbonyl (C=O) groups excluding carboxylic acids is 2. The molecule has 0 aromatic heterocycles. The first-order valence-electron chi connectivity index (χ1n) is 12.1. The fraction of sp³-hybridized carbons (Fsp3) is 0.379. The molecule has 1 amide bonds. The third kappa shape index (κ3) is 4.85. The van der Waals surface area contributed by atoms with Gasteiger partial charge in [-0.05, 0) is 50.0 Å². The molecule has 0 radical (unpaired) electrons. The summed E-state index contributed by atoms with van der Waals surface area (Å²) in [6.07, 6.45) is 4.38. The normalized spacial score (nSPS) is 21.9. The SMILES string of the molecule is CC(C)CC(=O)C1=C(C(=O)NC(C)C)C2C=CC1(C(Cc1ccccc1)Nc1ccccc1)O2. The van der Waals surface area contributed by atoms with Crippen molar-refractivity contribution in [3.8, 4) is 0 Å². The highest BCUT2D eigenvalue weighted by Crippen LogP contribution is 2.47. The Balaban J connectivity index is 1.81. The largest absolute Gasteiger partial charge is 0.378 e. The van der Waals surface area contributed by atoms with Crippen molar-refractivity contribution in [2.45, 2.75) is 64.3 Å². The Kier molecular flexibility index (Phi) is 7.03. The van der Waals surface area contributed by atoms with Crippen molar-refractivity contribution in [1.82, 2.24) is 5.32 Å². The minimum Gasteiger partial charge on any atom is -0.378 e. The maximum Gasteiger partial charge on any atom is 0.250 e. The number of fused-ring (bicyclic) bond motifs is 2. The molecule has 0 spiro atoms. The van der Waals surface area contributed by atoms with Gasteiger partial charge in [-0.25, -0.2) is 0 Å². The lowest BCUT2D eigenvalue weighted by atomic mass is 9.76. The van der Waals surface area contributed by atoms with E-state index in [4.69, 9.17) is 4.74 Å². The fourth-order valence-electron chi connectivity index (χ4n) is 4.86. The second-order valence-corrected chi connectivity index (χ2v) is 9.88. The Labute approximate surface area is 202 Å². The number of ether oxygens (including phenoxy) is 1. The van der Waals surface area contributed by atoms with Crippen LogP contribution in [0.5, 0.6) is 0 Å². The van der Waals surface area contributed by atoms with Gasteiger partial charge in [0.15, 0.2) is 5.78 Å². The maximum atomic E-state index is 13.7. The van der Waals surface area contributed by atoms with Gasteiger partial charge in [0, 0.05) is 23.7 Å². The Morgan fingerprint density at radius 3 is 2.24 bits per heavy atom. The van der Waals surface area contributed by atoms with Crippen molar-refractivity contribution in [3.05, 3.63) is 89.5 Å². The van der Waals surface area contributed by atoms with Gasteiger partial charge in [0.25, 0.3) is 5.91 Å². The van der Waals surface area contributed by atoms with E-state index in [2.05, 4.69) is 22.8 Å². The average Bonchev–Trinajstić information content (AvgIpc) is 3.37. The van der Waals surface area contributed by atoms with Gasteiger partial charge in [-0.15, -0.1) is 0 Å². The number of nitrogens with one attached hydrogen (secondary N) is 2. The molecular weight excluding hydrogens is 424 g/mol. The summed E-state index contributed by atoms with van der Waals surface area (Å²) in [7, 11) is 0. The lowest BCUT2D eigenvalue weighted by Gasteiger charge is -2.36. The summed E-state index contributed by atoms with van der Waals surface area (Å²) in [6, 6.07) is 19.8. The number of rotatable bonds is 10. The number of anilines is 1. The highest BCUT2D eigenvalue weighted by Gasteiger charge is 2.57. The Bertz CT molecular complexity index is 1050. The summed E-state index contributed by atoms with van der Waals surface area (Å²) in [6.45, 7) is 7.88. The summed E-state index contributed by atoms with van der Waals surface area (Å²) in [5.74, 6) is -0.0793. The first-order valence-corrected chi connectivity index (χ1v) is 12.1. The van der Waals surface area contributed by atoms with Crippen LogP contribution in [0, 0.1) is 5.92 Å². The second kappa shape index (κ2) is 9.98. The number of ketones is 1. The third-order valence-electron chi connectivity index (χ3n) is 6.24. The monoisotopic (exact) mass is 458 g/mol. The second-order valence-electron chi connectivity index (χ2n) is 9.88. The van der Waals surface area contributed by atoms with Crippen LogP contribution in [0.15, 0.2) is 84.0 Å². The van der Waals surface area contributed by atoms with Crippen molar-refractivity contribution < 1.29 is 14.3 Å². The van der Waals surface area contributed by atoms with Crippen LogP contribution < -0.4 is 10.6 Å². The number of Topliss-reactive ketones (excluding diaryl/α,β-unsaturated/α-hetero) is 1. The summed E-state index contributed by atoms with van der Waals surface area (Å²) >= 11 is 0. The molecule has 2 aromatic carbocycles. The predicted molar refractivity (Wildman–Crippen MR) is 136 cm³/mol. The number of benzene rings is 2. The Morgan fingerprint density at radius 1 is 0.971 bits per heavy atom. The molecule has 5 heteroatoms. The fourth-order valence-corrected chi connectivity index (χ4v) is 4.86. The Morgan fingerprint density at radius 2 is 1.62 bits per heavy atom. The zero-order valence-electron chi connectivity index (χ0n) is 20.4. The zero-order chi connectivity index (χ0) is 24.3. The minimum absolute atomic E-state index is 0.0244. The standard InChI is InChI=1S/C29H34N2O3/c1-19(2)17-23(32)27-26(28(33)30-20(3)4)24-15-16-29(27,34-24)25(18-21-11-7-5-8-12-21)31-22-13-9-6-10-14-22/h5-16,19-20,24-25,31H,17-18H2,1-4H3,(H,30,33). The molecule has 2 aliphatic heterocycles. The molecule has 3 atom stereocenters. The van der Waals surface area contributed by atoms with E-state index in [0.717, 1.165) is 11.3 Å². The van der Waals surface area contributed by atoms with Gasteiger partial charge in [0.1, 0.15) is 11.7 Å². The summed E-state index contributed by atoms with van der Waals surface area (Å²) in [5.41, 5.74) is 1.99. The molecule has 2 heterocycles. The highest BCUT2D eigenvalue weighted by molar-refractivity contribution is 6.10. The molecule has 5 nitrogen and oxygen atoms in total. The van der Waals surface area contributed by atoms with Crippen molar-refractivity contribution >= 4 is 17.4 Å². The number of hydrogen-bond acceptors (Lipinski definition) is 4. The van der Waals surface area contributed by atoms with Crippen molar-refractivity contribution in [2.24, 2.45) is 5.92 Å². The van der Waals surface area contributed by atoms with E-state index >= 15 is 0 Å². The van der Waals surface area contributed by atoms with E-state index in [1.165, 1.54) is 0 Å². The molecule has 0 saturated carbocycles.